The van der Waals surface area contributed by atoms with E-state index in [9.17, 15) is 4.79 Å². The fourth-order valence-electron chi connectivity index (χ4n) is 1.60. The Bertz CT molecular complexity index is 253. The molecule has 1 nitrogen and oxygen atoms in total. The summed E-state index contributed by atoms with van der Waals surface area (Å²) in [6.07, 6.45) is 9.44. The minimum absolute atomic E-state index is 0.314. The van der Waals surface area contributed by atoms with E-state index in [1.54, 1.807) is 0 Å². The van der Waals surface area contributed by atoms with Crippen LogP contribution in [-0.2, 0) is 4.79 Å². The summed E-state index contributed by atoms with van der Waals surface area (Å²) in [5.41, 5.74) is 2.25. The van der Waals surface area contributed by atoms with Crippen molar-refractivity contribution in [2.45, 2.75) is 39.0 Å². The molecule has 1 aliphatic rings. The Morgan fingerprint density at radius 1 is 1.50 bits per heavy atom. The van der Waals surface area contributed by atoms with Gasteiger partial charge >= 0.3 is 0 Å². The Balaban J connectivity index is 2.69. The van der Waals surface area contributed by atoms with Gasteiger partial charge in [0.05, 0.1) is 0 Å². The number of hydrogen-bond donors (Lipinski definition) is 0. The van der Waals surface area contributed by atoms with Gasteiger partial charge in [-0.2, -0.15) is 0 Å². The average Bonchev–Trinajstić information content (AvgIpc) is 2.04. The smallest absolute Gasteiger partial charge is 0.158 e. The molecular weight excluding hydrogens is 148 g/mol. The average molecular weight is 162 g/mol. The molecule has 1 heteroatoms. The summed E-state index contributed by atoms with van der Waals surface area (Å²) in [6, 6.07) is 0. The van der Waals surface area contributed by atoms with Crippen LogP contribution >= 0.6 is 0 Å². The number of carbonyl (C=O) groups is 1. The Morgan fingerprint density at radius 2 is 2.25 bits per heavy atom. The number of rotatable bonds is 2. The van der Waals surface area contributed by atoms with Crippen LogP contribution in [0.1, 0.15) is 39.0 Å². The molecule has 0 N–H and O–H groups in total. The van der Waals surface area contributed by atoms with Crippen LogP contribution in [0, 0.1) is 12.3 Å². The van der Waals surface area contributed by atoms with Gasteiger partial charge < -0.3 is 0 Å². The maximum atomic E-state index is 11.4. The molecule has 0 heterocycles. The second kappa shape index (κ2) is 4.11. The predicted octanol–water partition coefficient (Wildman–Crippen LogP) is 2.47. The van der Waals surface area contributed by atoms with Gasteiger partial charge in [-0.05, 0) is 31.8 Å². The summed E-state index contributed by atoms with van der Waals surface area (Å²) in [7, 11) is 0. The third-order valence-electron chi connectivity index (χ3n) is 2.33. The van der Waals surface area contributed by atoms with Crippen molar-refractivity contribution in [2.24, 2.45) is 0 Å². The fraction of sp³-hybridized carbons (Fsp3) is 0.545. The van der Waals surface area contributed by atoms with Gasteiger partial charge in [-0.25, -0.2) is 0 Å². The van der Waals surface area contributed by atoms with Gasteiger partial charge in [0.1, 0.15) is 0 Å². The Hall–Kier alpha value is -1.03. The highest BCUT2D eigenvalue weighted by Gasteiger charge is 2.16. The number of carbonyl (C=O) groups excluding carboxylic acids is 1. The molecule has 0 aromatic carbocycles. The molecule has 0 unspecified atom stereocenters. The largest absolute Gasteiger partial charge is 0.295 e. The number of ketones is 1. The number of allylic oxidation sites excluding steroid dienone is 2. The monoisotopic (exact) mass is 162 g/mol. The van der Waals surface area contributed by atoms with Crippen LogP contribution in [0.3, 0.4) is 0 Å². The predicted molar refractivity (Wildman–Crippen MR) is 49.6 cm³/mol. The summed E-state index contributed by atoms with van der Waals surface area (Å²) in [6.45, 7) is 2.04. The van der Waals surface area contributed by atoms with Gasteiger partial charge in [-0.3, -0.25) is 4.79 Å². The highest BCUT2D eigenvalue weighted by Crippen LogP contribution is 2.24. The van der Waals surface area contributed by atoms with E-state index in [-0.39, 0.29) is 0 Å². The van der Waals surface area contributed by atoms with Crippen molar-refractivity contribution in [1.82, 2.24) is 0 Å². The Morgan fingerprint density at radius 3 is 2.83 bits per heavy atom. The van der Waals surface area contributed by atoms with Crippen molar-refractivity contribution in [3.63, 3.8) is 0 Å². The third-order valence-corrected chi connectivity index (χ3v) is 2.33. The first-order valence-corrected chi connectivity index (χ1v) is 4.41. The summed E-state index contributed by atoms with van der Waals surface area (Å²) in [5, 5.41) is 0. The summed E-state index contributed by atoms with van der Waals surface area (Å²) in [5.74, 6) is 2.88. The molecule has 1 aliphatic carbocycles. The molecule has 0 fully saturated rings. The zero-order valence-electron chi connectivity index (χ0n) is 7.52. The van der Waals surface area contributed by atoms with E-state index >= 15 is 0 Å². The number of terminal acetylenes is 1. The maximum absolute atomic E-state index is 11.4. The van der Waals surface area contributed by atoms with E-state index in [0.29, 0.717) is 12.2 Å². The number of hydrogen-bond acceptors (Lipinski definition) is 1. The van der Waals surface area contributed by atoms with Crippen molar-refractivity contribution in [3.8, 4) is 12.3 Å². The molecule has 0 atom stereocenters. The van der Waals surface area contributed by atoms with E-state index < -0.39 is 0 Å². The van der Waals surface area contributed by atoms with Crippen LogP contribution in [0.15, 0.2) is 11.1 Å². The molecule has 0 aromatic rings. The lowest BCUT2D eigenvalue weighted by Gasteiger charge is -2.15. The normalized spacial score (nSPS) is 17.8. The molecule has 0 amide bonds. The standard InChI is InChI=1S/C11H14O/c1-3-4-7-10-9(2)6-5-8-11(10)12/h1H,4-8H2,2H3. The second-order valence-electron chi connectivity index (χ2n) is 3.24. The van der Waals surface area contributed by atoms with Gasteiger partial charge in [0.15, 0.2) is 5.78 Å². The minimum atomic E-state index is 0.314. The van der Waals surface area contributed by atoms with Crippen molar-refractivity contribution in [1.29, 1.82) is 0 Å². The van der Waals surface area contributed by atoms with Crippen molar-refractivity contribution < 1.29 is 4.79 Å². The minimum Gasteiger partial charge on any atom is -0.295 e. The lowest BCUT2D eigenvalue weighted by Crippen LogP contribution is -2.10. The van der Waals surface area contributed by atoms with Crippen LogP contribution in [0.2, 0.25) is 0 Å². The van der Waals surface area contributed by atoms with E-state index in [2.05, 4.69) is 5.92 Å². The highest BCUT2D eigenvalue weighted by atomic mass is 16.1. The lowest BCUT2D eigenvalue weighted by molar-refractivity contribution is -0.116. The van der Waals surface area contributed by atoms with E-state index in [4.69, 9.17) is 6.42 Å². The molecule has 0 saturated carbocycles. The summed E-state index contributed by atoms with van der Waals surface area (Å²) >= 11 is 0. The third kappa shape index (κ3) is 1.98. The summed E-state index contributed by atoms with van der Waals surface area (Å²) < 4.78 is 0. The lowest BCUT2D eigenvalue weighted by atomic mass is 9.89. The molecule has 64 valence electrons. The molecule has 0 spiro atoms. The second-order valence-corrected chi connectivity index (χ2v) is 3.24. The van der Waals surface area contributed by atoms with Crippen molar-refractivity contribution in [3.05, 3.63) is 11.1 Å². The molecule has 0 saturated heterocycles. The van der Waals surface area contributed by atoms with Crippen LogP contribution in [0.5, 0.6) is 0 Å². The van der Waals surface area contributed by atoms with Gasteiger partial charge in [0.25, 0.3) is 0 Å². The summed E-state index contributed by atoms with van der Waals surface area (Å²) in [4.78, 5) is 11.4. The molecular formula is C11H14O. The van der Waals surface area contributed by atoms with Crippen molar-refractivity contribution >= 4 is 5.78 Å². The molecule has 0 bridgehead atoms. The highest BCUT2D eigenvalue weighted by molar-refractivity contribution is 5.96. The SMILES string of the molecule is C#CCCC1=C(C)CCCC1=O. The van der Waals surface area contributed by atoms with Crippen LogP contribution in [-0.4, -0.2) is 5.78 Å². The van der Waals surface area contributed by atoms with Crippen LogP contribution < -0.4 is 0 Å². The van der Waals surface area contributed by atoms with Gasteiger partial charge in [0, 0.05) is 12.8 Å². The van der Waals surface area contributed by atoms with E-state index in [0.717, 1.165) is 31.3 Å². The Kier molecular flexibility index (Phi) is 3.10. The number of Topliss-reactive ketones (excluding diaryl/α,β-unsaturated/α-hetero) is 1. The van der Waals surface area contributed by atoms with Crippen molar-refractivity contribution in [2.75, 3.05) is 0 Å². The van der Waals surface area contributed by atoms with Gasteiger partial charge in [-0.1, -0.05) is 5.57 Å². The molecule has 0 aromatic heterocycles. The molecule has 0 aliphatic heterocycles. The van der Waals surface area contributed by atoms with E-state index in [1.807, 2.05) is 6.92 Å². The quantitative estimate of drug-likeness (QED) is 0.570. The van der Waals surface area contributed by atoms with E-state index in [1.165, 1.54) is 5.57 Å². The van der Waals surface area contributed by atoms with Gasteiger partial charge in [-0.15, -0.1) is 12.3 Å². The molecule has 0 radical (unpaired) electrons. The van der Waals surface area contributed by atoms with Crippen LogP contribution in [0.25, 0.3) is 0 Å². The van der Waals surface area contributed by atoms with Crippen LogP contribution in [0.4, 0.5) is 0 Å². The van der Waals surface area contributed by atoms with Gasteiger partial charge in [0.2, 0.25) is 0 Å². The topological polar surface area (TPSA) is 17.1 Å². The Labute approximate surface area is 73.9 Å². The molecule has 1 rings (SSSR count). The first-order chi connectivity index (χ1) is 5.75. The zero-order valence-corrected chi connectivity index (χ0v) is 7.52. The fourth-order valence-corrected chi connectivity index (χ4v) is 1.60. The molecule has 12 heavy (non-hydrogen) atoms. The zero-order chi connectivity index (χ0) is 8.97. The maximum Gasteiger partial charge on any atom is 0.158 e. The first kappa shape index (κ1) is 9.06. The first-order valence-electron chi connectivity index (χ1n) is 4.41.